The Kier molecular flexibility index (Phi) is 5.32. The van der Waals surface area contributed by atoms with E-state index in [0.717, 1.165) is 4.90 Å². The Morgan fingerprint density at radius 3 is 2.80 bits per heavy atom. The number of amides is 4. The van der Waals surface area contributed by atoms with Gasteiger partial charge in [-0.3, -0.25) is 24.6 Å². The highest BCUT2D eigenvalue weighted by atomic mass is 16.6. The summed E-state index contributed by atoms with van der Waals surface area (Å²) in [6, 6.07) is 4.71. The second kappa shape index (κ2) is 7.26. The molecule has 10 heteroatoms. The van der Waals surface area contributed by atoms with E-state index in [1.165, 1.54) is 38.3 Å². The van der Waals surface area contributed by atoms with Crippen molar-refractivity contribution >= 4 is 23.5 Å². The predicted octanol–water partition coefficient (Wildman–Crippen LogP) is 0.124. The molecular formula is C15H18N4O6. The van der Waals surface area contributed by atoms with E-state index >= 15 is 0 Å². The van der Waals surface area contributed by atoms with E-state index in [-0.39, 0.29) is 17.8 Å². The average Bonchev–Trinajstić information content (AvgIpc) is 2.79. The van der Waals surface area contributed by atoms with Crippen LogP contribution in [0.4, 0.5) is 10.5 Å². The maximum absolute atomic E-state index is 12.7. The van der Waals surface area contributed by atoms with Crippen molar-refractivity contribution in [2.24, 2.45) is 0 Å². The Morgan fingerprint density at radius 1 is 1.44 bits per heavy atom. The summed E-state index contributed by atoms with van der Waals surface area (Å²) in [5.74, 6) is -1.16. The predicted molar refractivity (Wildman–Crippen MR) is 85.6 cm³/mol. The first-order valence-corrected chi connectivity index (χ1v) is 7.44. The number of hydrogen-bond donors (Lipinski definition) is 2. The summed E-state index contributed by atoms with van der Waals surface area (Å²) in [4.78, 5) is 47.7. The van der Waals surface area contributed by atoms with Crippen molar-refractivity contribution in [3.05, 3.63) is 39.9 Å². The highest BCUT2D eigenvalue weighted by Gasteiger charge is 2.49. The quantitative estimate of drug-likeness (QED) is 0.311. The van der Waals surface area contributed by atoms with Gasteiger partial charge in [-0.05, 0) is 12.5 Å². The molecule has 0 saturated carbocycles. The number of methoxy groups -OCH3 is 1. The van der Waals surface area contributed by atoms with Gasteiger partial charge in [0.2, 0.25) is 5.91 Å². The molecule has 4 amide bonds. The zero-order valence-electron chi connectivity index (χ0n) is 13.8. The Balaban J connectivity index is 2.17. The molecule has 1 aliphatic heterocycles. The van der Waals surface area contributed by atoms with Crippen LogP contribution in [0.1, 0.15) is 12.5 Å². The lowest BCUT2D eigenvalue weighted by atomic mass is 9.91. The first-order valence-electron chi connectivity index (χ1n) is 7.44. The van der Waals surface area contributed by atoms with Crippen molar-refractivity contribution in [3.63, 3.8) is 0 Å². The van der Waals surface area contributed by atoms with Crippen LogP contribution < -0.4 is 10.6 Å². The van der Waals surface area contributed by atoms with Gasteiger partial charge in [-0.15, -0.1) is 0 Å². The standard InChI is InChI=1S/C15H18N4O6/c1-15(10-4-3-5-11(8-10)19(23)24)13(21)18(14(22)17-15)9-12(20)16-6-7-25-2/h3-5,8H,6-7,9H2,1-2H3,(H,16,20)(H,17,22). The fourth-order valence-corrected chi connectivity index (χ4v) is 2.46. The molecule has 1 atom stereocenters. The summed E-state index contributed by atoms with van der Waals surface area (Å²) in [5, 5.41) is 15.9. The van der Waals surface area contributed by atoms with Crippen molar-refractivity contribution in [2.45, 2.75) is 12.5 Å². The molecule has 10 nitrogen and oxygen atoms in total. The maximum atomic E-state index is 12.7. The minimum Gasteiger partial charge on any atom is -0.383 e. The average molecular weight is 350 g/mol. The van der Waals surface area contributed by atoms with Crippen molar-refractivity contribution in [1.29, 1.82) is 0 Å². The third kappa shape index (κ3) is 3.74. The lowest BCUT2D eigenvalue weighted by Crippen LogP contribution is -2.43. The summed E-state index contributed by atoms with van der Waals surface area (Å²) in [7, 11) is 1.48. The van der Waals surface area contributed by atoms with Crippen molar-refractivity contribution < 1.29 is 24.0 Å². The molecule has 0 aliphatic carbocycles. The van der Waals surface area contributed by atoms with Crippen LogP contribution in [0.3, 0.4) is 0 Å². The molecule has 1 saturated heterocycles. The number of non-ortho nitro benzene ring substituents is 1. The maximum Gasteiger partial charge on any atom is 0.325 e. The van der Waals surface area contributed by atoms with Crippen molar-refractivity contribution in [3.8, 4) is 0 Å². The van der Waals surface area contributed by atoms with Gasteiger partial charge in [-0.1, -0.05) is 12.1 Å². The Hall–Kier alpha value is -3.01. The number of hydrogen-bond acceptors (Lipinski definition) is 6. The summed E-state index contributed by atoms with van der Waals surface area (Å²) in [5.41, 5.74) is -1.41. The van der Waals surface area contributed by atoms with E-state index in [4.69, 9.17) is 4.74 Å². The molecular weight excluding hydrogens is 332 g/mol. The molecule has 2 rings (SSSR count). The van der Waals surface area contributed by atoms with Crippen LogP contribution in [0.15, 0.2) is 24.3 Å². The van der Waals surface area contributed by atoms with E-state index < -0.39 is 34.9 Å². The fourth-order valence-electron chi connectivity index (χ4n) is 2.46. The zero-order valence-corrected chi connectivity index (χ0v) is 13.8. The number of benzene rings is 1. The molecule has 0 radical (unpaired) electrons. The summed E-state index contributed by atoms with van der Waals surface area (Å²) >= 11 is 0. The minimum atomic E-state index is -1.48. The Labute approximate surface area is 143 Å². The van der Waals surface area contributed by atoms with E-state index in [0.29, 0.717) is 6.61 Å². The van der Waals surface area contributed by atoms with Crippen molar-refractivity contribution in [1.82, 2.24) is 15.5 Å². The topological polar surface area (TPSA) is 131 Å². The van der Waals surface area contributed by atoms with Gasteiger partial charge < -0.3 is 15.4 Å². The number of nitro benzene ring substituents is 1. The number of carbonyl (C=O) groups is 3. The highest BCUT2D eigenvalue weighted by molar-refractivity contribution is 6.09. The first kappa shape index (κ1) is 18.3. The van der Waals surface area contributed by atoms with Crippen LogP contribution in [0, 0.1) is 10.1 Å². The second-order valence-electron chi connectivity index (χ2n) is 5.60. The van der Waals surface area contributed by atoms with Crippen LogP contribution >= 0.6 is 0 Å². The number of imide groups is 1. The van der Waals surface area contributed by atoms with Gasteiger partial charge in [-0.2, -0.15) is 0 Å². The first-order chi connectivity index (χ1) is 11.8. The summed E-state index contributed by atoms with van der Waals surface area (Å²) in [6.45, 7) is 1.55. The summed E-state index contributed by atoms with van der Waals surface area (Å²) in [6.07, 6.45) is 0. The number of nitrogens with one attached hydrogen (secondary N) is 2. The number of urea groups is 1. The van der Waals surface area contributed by atoms with Crippen molar-refractivity contribution in [2.75, 3.05) is 26.8 Å². The molecule has 25 heavy (non-hydrogen) atoms. The molecule has 1 unspecified atom stereocenters. The van der Waals surface area contributed by atoms with Gasteiger partial charge in [0.1, 0.15) is 12.1 Å². The molecule has 1 fully saturated rings. The third-order valence-corrected chi connectivity index (χ3v) is 3.84. The van der Waals surface area contributed by atoms with Crippen LogP contribution in [-0.4, -0.2) is 54.5 Å². The number of nitrogens with zero attached hydrogens (tertiary/aromatic N) is 2. The molecule has 1 aliphatic rings. The van der Waals surface area contributed by atoms with Crippen LogP contribution in [0.5, 0.6) is 0 Å². The normalized spacial score (nSPS) is 19.7. The molecule has 0 aromatic heterocycles. The molecule has 0 bridgehead atoms. The van der Waals surface area contributed by atoms with E-state index in [1.54, 1.807) is 0 Å². The lowest BCUT2D eigenvalue weighted by Gasteiger charge is -2.22. The molecule has 2 N–H and O–H groups in total. The minimum absolute atomic E-state index is 0.198. The van der Waals surface area contributed by atoms with Gasteiger partial charge in [0.15, 0.2) is 0 Å². The van der Waals surface area contributed by atoms with E-state index in [1.807, 2.05) is 0 Å². The monoisotopic (exact) mass is 350 g/mol. The SMILES string of the molecule is COCCNC(=O)CN1C(=O)NC(C)(c2cccc([N+](=O)[O-])c2)C1=O. The fraction of sp³-hybridized carbons (Fsp3) is 0.400. The smallest absolute Gasteiger partial charge is 0.325 e. The number of carbonyl (C=O) groups excluding carboxylic acids is 3. The molecule has 0 spiro atoms. The van der Waals surface area contributed by atoms with Crippen LogP contribution in [-0.2, 0) is 19.9 Å². The number of rotatable bonds is 7. The Bertz CT molecular complexity index is 722. The van der Waals surface area contributed by atoms with Crippen LogP contribution in [0.25, 0.3) is 0 Å². The van der Waals surface area contributed by atoms with E-state index in [9.17, 15) is 24.5 Å². The molecule has 1 aromatic carbocycles. The van der Waals surface area contributed by atoms with Gasteiger partial charge in [-0.25, -0.2) is 4.79 Å². The highest BCUT2D eigenvalue weighted by Crippen LogP contribution is 2.30. The number of nitro groups is 1. The zero-order chi connectivity index (χ0) is 18.6. The van der Waals surface area contributed by atoms with Gasteiger partial charge >= 0.3 is 6.03 Å². The Morgan fingerprint density at radius 2 is 2.16 bits per heavy atom. The molecule has 1 aromatic rings. The lowest BCUT2D eigenvalue weighted by molar-refractivity contribution is -0.385. The number of ether oxygens (including phenoxy) is 1. The van der Waals surface area contributed by atoms with Crippen LogP contribution in [0.2, 0.25) is 0 Å². The second-order valence-corrected chi connectivity index (χ2v) is 5.60. The largest absolute Gasteiger partial charge is 0.383 e. The van der Waals surface area contributed by atoms with E-state index in [2.05, 4.69) is 10.6 Å². The van der Waals surface area contributed by atoms with Gasteiger partial charge in [0, 0.05) is 25.8 Å². The molecule has 134 valence electrons. The summed E-state index contributed by atoms with van der Waals surface area (Å²) < 4.78 is 4.80. The molecule has 1 heterocycles. The van der Waals surface area contributed by atoms with Gasteiger partial charge in [0.05, 0.1) is 11.5 Å². The third-order valence-electron chi connectivity index (χ3n) is 3.84. The van der Waals surface area contributed by atoms with Gasteiger partial charge in [0.25, 0.3) is 11.6 Å².